The van der Waals surface area contributed by atoms with E-state index in [2.05, 4.69) is 28.1 Å². The molecule has 0 amide bonds. The zero-order chi connectivity index (χ0) is 12.5. The zero-order valence-corrected chi connectivity index (χ0v) is 11.1. The minimum Gasteiger partial charge on any atom is -0.369 e. The van der Waals surface area contributed by atoms with Crippen molar-refractivity contribution in [2.24, 2.45) is 5.92 Å². The number of piperidine rings is 1. The van der Waals surface area contributed by atoms with Crippen molar-refractivity contribution in [3.8, 4) is 0 Å². The van der Waals surface area contributed by atoms with Crippen LogP contribution in [0.3, 0.4) is 0 Å². The van der Waals surface area contributed by atoms with Crippen LogP contribution in [0.25, 0.3) is 10.9 Å². The van der Waals surface area contributed by atoms with Gasteiger partial charge in [0.15, 0.2) is 0 Å². The van der Waals surface area contributed by atoms with E-state index in [1.54, 1.807) is 0 Å². The fourth-order valence-electron chi connectivity index (χ4n) is 2.58. The number of hydrogen-bond acceptors (Lipinski definition) is 3. The van der Waals surface area contributed by atoms with Gasteiger partial charge in [-0.15, -0.1) is 11.6 Å². The van der Waals surface area contributed by atoms with Gasteiger partial charge in [0, 0.05) is 23.9 Å². The van der Waals surface area contributed by atoms with Gasteiger partial charge in [0.25, 0.3) is 0 Å². The molecule has 1 fully saturated rings. The third-order valence-electron chi connectivity index (χ3n) is 3.67. The van der Waals surface area contributed by atoms with Crippen LogP contribution in [0.2, 0.25) is 0 Å². The Labute approximate surface area is 112 Å². The molecular weight excluding hydrogens is 246 g/mol. The Morgan fingerprint density at radius 2 is 2.17 bits per heavy atom. The second-order valence-electron chi connectivity index (χ2n) is 4.97. The number of hydrogen-bond donors (Lipinski definition) is 0. The second kappa shape index (κ2) is 4.73. The van der Waals surface area contributed by atoms with Gasteiger partial charge < -0.3 is 4.90 Å². The van der Waals surface area contributed by atoms with Crippen molar-refractivity contribution in [1.82, 2.24) is 10.2 Å². The van der Waals surface area contributed by atoms with Crippen LogP contribution in [-0.2, 0) is 0 Å². The highest BCUT2D eigenvalue weighted by Gasteiger charge is 2.25. The lowest BCUT2D eigenvalue weighted by molar-refractivity contribution is 0.455. The molecule has 0 aliphatic carbocycles. The van der Waals surface area contributed by atoms with Gasteiger partial charge in [-0.05, 0) is 18.4 Å². The molecule has 94 valence electrons. The molecular formula is C14H16ClN3. The molecule has 0 spiro atoms. The van der Waals surface area contributed by atoms with Gasteiger partial charge in [0.1, 0.15) is 0 Å². The maximum Gasteiger partial charge on any atom is 0.0950 e. The van der Waals surface area contributed by atoms with E-state index in [1.165, 1.54) is 11.1 Å². The Morgan fingerprint density at radius 1 is 1.33 bits per heavy atom. The SMILES string of the molecule is CC1CN(c2cnnc3ccccc23)CCC1Cl. The van der Waals surface area contributed by atoms with Crippen molar-refractivity contribution < 1.29 is 0 Å². The highest BCUT2D eigenvalue weighted by atomic mass is 35.5. The lowest BCUT2D eigenvalue weighted by Gasteiger charge is -2.35. The predicted molar refractivity (Wildman–Crippen MR) is 75.2 cm³/mol. The summed E-state index contributed by atoms with van der Waals surface area (Å²) in [5, 5.41) is 9.74. The van der Waals surface area contributed by atoms with E-state index < -0.39 is 0 Å². The zero-order valence-electron chi connectivity index (χ0n) is 10.4. The van der Waals surface area contributed by atoms with Crippen LogP contribution in [0.5, 0.6) is 0 Å². The minimum atomic E-state index is 0.294. The fourth-order valence-corrected chi connectivity index (χ4v) is 2.76. The Morgan fingerprint density at radius 3 is 3.00 bits per heavy atom. The average Bonchev–Trinajstić information content (AvgIpc) is 2.41. The van der Waals surface area contributed by atoms with Gasteiger partial charge in [0.2, 0.25) is 0 Å². The molecule has 2 unspecified atom stereocenters. The fraction of sp³-hybridized carbons (Fsp3) is 0.429. The lowest BCUT2D eigenvalue weighted by Crippen LogP contribution is -2.40. The van der Waals surface area contributed by atoms with Crippen molar-refractivity contribution in [3.63, 3.8) is 0 Å². The lowest BCUT2D eigenvalue weighted by atomic mass is 9.99. The van der Waals surface area contributed by atoms with E-state index in [1.807, 2.05) is 24.4 Å². The van der Waals surface area contributed by atoms with Gasteiger partial charge in [-0.1, -0.05) is 25.1 Å². The molecule has 4 heteroatoms. The van der Waals surface area contributed by atoms with E-state index in [4.69, 9.17) is 11.6 Å². The highest BCUT2D eigenvalue weighted by Crippen LogP contribution is 2.30. The first-order valence-electron chi connectivity index (χ1n) is 6.35. The van der Waals surface area contributed by atoms with Crippen LogP contribution in [0, 0.1) is 5.92 Å². The molecule has 0 saturated carbocycles. The second-order valence-corrected chi connectivity index (χ2v) is 5.54. The summed E-state index contributed by atoms with van der Waals surface area (Å²) in [6, 6.07) is 8.15. The number of fused-ring (bicyclic) bond motifs is 1. The van der Waals surface area contributed by atoms with Crippen LogP contribution in [-0.4, -0.2) is 28.7 Å². The first-order chi connectivity index (χ1) is 8.75. The smallest absolute Gasteiger partial charge is 0.0950 e. The maximum absolute atomic E-state index is 6.28. The Kier molecular flexibility index (Phi) is 3.08. The van der Waals surface area contributed by atoms with Crippen molar-refractivity contribution in [2.75, 3.05) is 18.0 Å². The predicted octanol–water partition coefficient (Wildman–Crippen LogP) is 3.08. The van der Waals surface area contributed by atoms with Crippen LogP contribution in [0.15, 0.2) is 30.5 Å². The summed E-state index contributed by atoms with van der Waals surface area (Å²) in [6.45, 7) is 4.19. The first-order valence-corrected chi connectivity index (χ1v) is 6.79. The number of alkyl halides is 1. The molecule has 1 saturated heterocycles. The number of halogens is 1. The number of nitrogens with zero attached hydrogens (tertiary/aromatic N) is 3. The summed E-state index contributed by atoms with van der Waals surface area (Å²) in [5.74, 6) is 0.507. The van der Waals surface area contributed by atoms with Crippen molar-refractivity contribution >= 4 is 28.2 Å². The maximum atomic E-state index is 6.28. The molecule has 18 heavy (non-hydrogen) atoms. The van der Waals surface area contributed by atoms with Crippen LogP contribution in [0.1, 0.15) is 13.3 Å². The molecule has 1 aliphatic heterocycles. The molecule has 2 aromatic rings. The van der Waals surface area contributed by atoms with Crippen molar-refractivity contribution in [3.05, 3.63) is 30.5 Å². The van der Waals surface area contributed by atoms with Gasteiger partial charge >= 0.3 is 0 Å². The van der Waals surface area contributed by atoms with Gasteiger partial charge in [-0.25, -0.2) is 0 Å². The molecule has 2 atom stereocenters. The standard InChI is InChI=1S/C14H16ClN3/c1-10-9-18(7-6-12(10)15)14-8-16-17-13-5-3-2-4-11(13)14/h2-5,8,10,12H,6-7,9H2,1H3. The average molecular weight is 262 g/mol. The largest absolute Gasteiger partial charge is 0.369 e. The molecule has 1 aromatic heterocycles. The molecule has 1 aromatic carbocycles. The first kappa shape index (κ1) is 11.7. The number of aromatic nitrogens is 2. The van der Waals surface area contributed by atoms with Gasteiger partial charge in [0.05, 0.1) is 17.4 Å². The monoisotopic (exact) mass is 261 g/mol. The topological polar surface area (TPSA) is 29.0 Å². The summed E-state index contributed by atoms with van der Waals surface area (Å²) in [6.07, 6.45) is 2.89. The number of anilines is 1. The van der Waals surface area contributed by atoms with Crippen LogP contribution < -0.4 is 4.90 Å². The third kappa shape index (κ3) is 2.03. The normalized spacial score (nSPS) is 24.4. The Bertz CT molecular complexity index is 552. The van der Waals surface area contributed by atoms with E-state index in [-0.39, 0.29) is 0 Å². The molecule has 3 rings (SSSR count). The summed E-state index contributed by atoms with van der Waals surface area (Å²) in [4.78, 5) is 2.38. The quantitative estimate of drug-likeness (QED) is 0.739. The highest BCUT2D eigenvalue weighted by molar-refractivity contribution is 6.20. The molecule has 2 heterocycles. The van der Waals surface area contributed by atoms with E-state index in [0.717, 1.165) is 25.0 Å². The summed E-state index contributed by atoms with van der Waals surface area (Å²) in [5.41, 5.74) is 2.13. The van der Waals surface area contributed by atoms with E-state index >= 15 is 0 Å². The van der Waals surface area contributed by atoms with Crippen LogP contribution >= 0.6 is 11.6 Å². The van der Waals surface area contributed by atoms with Crippen LogP contribution in [0.4, 0.5) is 5.69 Å². The Balaban J connectivity index is 1.99. The summed E-state index contributed by atoms with van der Waals surface area (Å²) >= 11 is 6.28. The van der Waals surface area contributed by atoms with E-state index in [9.17, 15) is 0 Å². The van der Waals surface area contributed by atoms with Gasteiger partial charge in [-0.3, -0.25) is 0 Å². The molecule has 1 aliphatic rings. The van der Waals surface area contributed by atoms with E-state index in [0.29, 0.717) is 11.3 Å². The number of rotatable bonds is 1. The molecule has 0 N–H and O–H groups in total. The third-order valence-corrected chi connectivity index (χ3v) is 4.32. The molecule has 3 nitrogen and oxygen atoms in total. The van der Waals surface area contributed by atoms with Gasteiger partial charge in [-0.2, -0.15) is 10.2 Å². The summed E-state index contributed by atoms with van der Waals surface area (Å²) in [7, 11) is 0. The Hall–Kier alpha value is -1.35. The minimum absolute atomic E-state index is 0.294. The number of benzene rings is 1. The molecule has 0 bridgehead atoms. The molecule has 0 radical (unpaired) electrons. The summed E-state index contributed by atoms with van der Waals surface area (Å²) < 4.78 is 0. The van der Waals surface area contributed by atoms with Crippen molar-refractivity contribution in [2.45, 2.75) is 18.7 Å². The van der Waals surface area contributed by atoms with Crippen molar-refractivity contribution in [1.29, 1.82) is 0 Å².